The average Bonchev–Trinajstić information content (AvgIpc) is 3.61. The number of nitrogens with zero attached hydrogens (tertiary/aromatic N) is 1. The molecule has 2 heterocycles. The minimum absolute atomic E-state index is 0.235. The Bertz CT molecular complexity index is 1170. The topological polar surface area (TPSA) is 81.0 Å². The van der Waals surface area contributed by atoms with Crippen molar-refractivity contribution in [2.75, 3.05) is 26.1 Å². The van der Waals surface area contributed by atoms with Crippen LogP contribution in [0.1, 0.15) is 34.5 Å². The molecule has 0 saturated heterocycles. The number of nitrogens with one attached hydrogen (secondary N) is 1. The molecule has 0 unspecified atom stereocenters. The average molecular weight is 447 g/mol. The van der Waals surface area contributed by atoms with Crippen LogP contribution >= 0.6 is 0 Å². The first kappa shape index (κ1) is 21.1. The van der Waals surface area contributed by atoms with E-state index in [1.165, 1.54) is 0 Å². The van der Waals surface area contributed by atoms with Gasteiger partial charge in [0.15, 0.2) is 0 Å². The molecule has 2 aromatic carbocycles. The summed E-state index contributed by atoms with van der Waals surface area (Å²) in [5.74, 6) is 3.08. The highest BCUT2D eigenvalue weighted by molar-refractivity contribution is 6.04. The number of anilines is 1. The lowest BCUT2D eigenvalue weighted by molar-refractivity contribution is -0.133. The third-order valence-electron chi connectivity index (χ3n) is 6.15. The fourth-order valence-electron chi connectivity index (χ4n) is 4.11. The van der Waals surface area contributed by atoms with Gasteiger partial charge in [0.25, 0.3) is 5.91 Å². The largest absolute Gasteiger partial charge is 0.497 e. The van der Waals surface area contributed by atoms with Gasteiger partial charge >= 0.3 is 0 Å². The molecule has 33 heavy (non-hydrogen) atoms. The van der Waals surface area contributed by atoms with Crippen molar-refractivity contribution in [1.82, 2.24) is 4.90 Å². The van der Waals surface area contributed by atoms with Crippen molar-refractivity contribution in [2.24, 2.45) is 5.92 Å². The Kier molecular flexibility index (Phi) is 5.54. The molecule has 2 aliphatic rings. The van der Waals surface area contributed by atoms with Crippen LogP contribution in [-0.2, 0) is 17.8 Å². The fraction of sp³-hybridized carbons (Fsp3) is 0.308. The normalized spacial score (nSPS) is 15.0. The Morgan fingerprint density at radius 1 is 1.00 bits per heavy atom. The second kappa shape index (κ2) is 8.65. The Hall–Kier alpha value is -3.74. The molecule has 1 aromatic heterocycles. The molecule has 3 aromatic rings. The highest BCUT2D eigenvalue weighted by Gasteiger charge is 2.35. The van der Waals surface area contributed by atoms with E-state index < -0.39 is 0 Å². The van der Waals surface area contributed by atoms with Gasteiger partial charge in [-0.15, -0.1) is 0 Å². The number of hydrogen-bond acceptors (Lipinski definition) is 5. The third-order valence-corrected chi connectivity index (χ3v) is 6.15. The van der Waals surface area contributed by atoms with Crippen molar-refractivity contribution in [1.29, 1.82) is 0 Å². The van der Waals surface area contributed by atoms with Crippen molar-refractivity contribution in [3.63, 3.8) is 0 Å². The summed E-state index contributed by atoms with van der Waals surface area (Å²) in [5.41, 5.74) is 3.11. The number of furan rings is 1. The maximum absolute atomic E-state index is 12.7. The summed E-state index contributed by atoms with van der Waals surface area (Å²) < 4.78 is 16.6. The van der Waals surface area contributed by atoms with E-state index in [2.05, 4.69) is 5.32 Å². The van der Waals surface area contributed by atoms with Gasteiger partial charge in [-0.25, -0.2) is 0 Å². The van der Waals surface area contributed by atoms with Crippen molar-refractivity contribution >= 4 is 17.5 Å². The van der Waals surface area contributed by atoms with Gasteiger partial charge in [-0.05, 0) is 55.3 Å². The van der Waals surface area contributed by atoms with E-state index >= 15 is 0 Å². The maximum Gasteiger partial charge on any atom is 0.255 e. The molecule has 5 rings (SSSR count). The summed E-state index contributed by atoms with van der Waals surface area (Å²) in [7, 11) is 3.09. The summed E-state index contributed by atoms with van der Waals surface area (Å²) in [6.45, 7) is 1.33. The quantitative estimate of drug-likeness (QED) is 0.603. The zero-order chi connectivity index (χ0) is 22.9. The van der Waals surface area contributed by atoms with Crippen LogP contribution in [0.3, 0.4) is 0 Å². The molecular formula is C26H26N2O5. The highest BCUT2D eigenvalue weighted by atomic mass is 16.5. The van der Waals surface area contributed by atoms with Crippen molar-refractivity contribution in [2.45, 2.75) is 25.8 Å². The number of rotatable bonds is 6. The number of fused-ring (bicyclic) bond motifs is 1. The fourth-order valence-corrected chi connectivity index (χ4v) is 4.11. The molecule has 1 N–H and O–H groups in total. The van der Waals surface area contributed by atoms with Gasteiger partial charge in [0.05, 0.1) is 14.2 Å². The van der Waals surface area contributed by atoms with Gasteiger partial charge in [0, 0.05) is 53.9 Å². The van der Waals surface area contributed by atoms with Crippen LogP contribution in [0.5, 0.6) is 11.5 Å². The lowest BCUT2D eigenvalue weighted by Crippen LogP contribution is -2.36. The molecular weight excluding hydrogens is 420 g/mol. The summed E-state index contributed by atoms with van der Waals surface area (Å²) in [6.07, 6.45) is 2.78. The molecule has 0 radical (unpaired) electrons. The Morgan fingerprint density at radius 3 is 2.33 bits per heavy atom. The number of hydrogen-bond donors (Lipinski definition) is 1. The molecule has 7 nitrogen and oxygen atoms in total. The number of ether oxygens (including phenoxy) is 2. The molecule has 2 amide bonds. The van der Waals surface area contributed by atoms with E-state index in [4.69, 9.17) is 13.9 Å². The molecule has 0 bridgehead atoms. The summed E-state index contributed by atoms with van der Waals surface area (Å²) in [6, 6.07) is 14.6. The predicted octanol–water partition coefficient (Wildman–Crippen LogP) is 4.51. The molecule has 0 atom stereocenters. The van der Waals surface area contributed by atoms with Gasteiger partial charge in [0.1, 0.15) is 23.0 Å². The van der Waals surface area contributed by atoms with Crippen molar-refractivity contribution in [3.8, 4) is 22.8 Å². The van der Waals surface area contributed by atoms with Crippen molar-refractivity contribution < 1.29 is 23.5 Å². The first-order valence-electron chi connectivity index (χ1n) is 11.1. The summed E-state index contributed by atoms with van der Waals surface area (Å²) in [4.78, 5) is 27.0. The van der Waals surface area contributed by atoms with Crippen LogP contribution < -0.4 is 14.8 Å². The molecule has 1 aliphatic carbocycles. The highest BCUT2D eigenvalue weighted by Crippen LogP contribution is 2.35. The van der Waals surface area contributed by atoms with Crippen LogP contribution in [0.4, 0.5) is 5.69 Å². The minimum atomic E-state index is -0.256. The third kappa shape index (κ3) is 4.44. The standard InChI is InChI=1S/C26H26N2O5/c1-31-21-11-18(12-22(14-21)32-2)25(29)27-20-7-5-16(6-8-20)24-13-19-15-28(10-9-23(19)33-24)26(30)17-3-4-17/h5-8,11-14,17H,3-4,9-10,15H2,1-2H3,(H,27,29). The van der Waals surface area contributed by atoms with Gasteiger partial charge in [-0.2, -0.15) is 0 Å². The van der Waals surface area contributed by atoms with Gasteiger partial charge < -0.3 is 24.1 Å². The van der Waals surface area contributed by atoms with Crippen LogP contribution in [0, 0.1) is 5.92 Å². The molecule has 1 saturated carbocycles. The lowest BCUT2D eigenvalue weighted by Gasteiger charge is -2.26. The van der Waals surface area contributed by atoms with E-state index in [-0.39, 0.29) is 17.7 Å². The Morgan fingerprint density at radius 2 is 1.70 bits per heavy atom. The van der Waals surface area contributed by atoms with Crippen LogP contribution in [-0.4, -0.2) is 37.5 Å². The SMILES string of the molecule is COc1cc(OC)cc(C(=O)Nc2ccc(-c3cc4c(o3)CCN(C(=O)C3CC3)C4)cc2)c1. The number of benzene rings is 2. The van der Waals surface area contributed by atoms with E-state index in [1.54, 1.807) is 32.4 Å². The number of carbonyl (C=O) groups is 2. The monoisotopic (exact) mass is 446 g/mol. The minimum Gasteiger partial charge on any atom is -0.497 e. The smallest absolute Gasteiger partial charge is 0.255 e. The zero-order valence-electron chi connectivity index (χ0n) is 18.7. The van der Waals surface area contributed by atoms with Crippen LogP contribution in [0.2, 0.25) is 0 Å². The molecule has 0 spiro atoms. The summed E-state index contributed by atoms with van der Waals surface area (Å²) in [5, 5.41) is 2.90. The Labute approximate surface area is 192 Å². The molecule has 1 fully saturated rings. The van der Waals surface area contributed by atoms with E-state index in [0.717, 1.165) is 48.5 Å². The first-order valence-corrected chi connectivity index (χ1v) is 11.1. The maximum atomic E-state index is 12.7. The van der Waals surface area contributed by atoms with Crippen LogP contribution in [0.25, 0.3) is 11.3 Å². The molecule has 7 heteroatoms. The van der Waals surface area contributed by atoms with Crippen LogP contribution in [0.15, 0.2) is 52.9 Å². The number of carbonyl (C=O) groups excluding carboxylic acids is 2. The Balaban J connectivity index is 1.28. The molecule has 1 aliphatic heterocycles. The van der Waals surface area contributed by atoms with Gasteiger partial charge in [-0.1, -0.05) is 0 Å². The van der Waals surface area contributed by atoms with E-state index in [1.807, 2.05) is 35.2 Å². The second-order valence-corrected chi connectivity index (χ2v) is 8.48. The summed E-state index contributed by atoms with van der Waals surface area (Å²) >= 11 is 0. The van der Waals surface area contributed by atoms with E-state index in [9.17, 15) is 9.59 Å². The van der Waals surface area contributed by atoms with Gasteiger partial charge in [-0.3, -0.25) is 9.59 Å². The zero-order valence-corrected chi connectivity index (χ0v) is 18.7. The van der Waals surface area contributed by atoms with Crippen molar-refractivity contribution in [3.05, 3.63) is 65.4 Å². The van der Waals surface area contributed by atoms with E-state index in [0.29, 0.717) is 29.3 Å². The number of methoxy groups -OCH3 is 2. The first-order chi connectivity index (χ1) is 16.0. The van der Waals surface area contributed by atoms with Gasteiger partial charge in [0.2, 0.25) is 5.91 Å². The number of amides is 2. The predicted molar refractivity (Wildman–Crippen MR) is 123 cm³/mol. The molecule has 170 valence electrons. The lowest BCUT2D eigenvalue weighted by atomic mass is 10.1. The second-order valence-electron chi connectivity index (χ2n) is 8.48.